The predicted octanol–water partition coefficient (Wildman–Crippen LogP) is 24.4. The largest absolute Gasteiger partial charge is 0.462 e. The summed E-state index contributed by atoms with van der Waals surface area (Å²) < 4.78 is 17.0. The van der Waals surface area contributed by atoms with Crippen molar-refractivity contribution in [2.45, 2.75) is 354 Å². The number of ether oxygens (including phenoxy) is 3. The van der Waals surface area contributed by atoms with Gasteiger partial charge in [0.1, 0.15) is 13.2 Å². The van der Waals surface area contributed by atoms with Gasteiger partial charge in [0.15, 0.2) is 6.10 Å². The van der Waals surface area contributed by atoms with Gasteiger partial charge in [-0.1, -0.05) is 323 Å². The lowest BCUT2D eigenvalue weighted by Gasteiger charge is -2.18. The molecular formula is C76H132O6. The Kier molecular flexibility index (Phi) is 66.7. The SMILES string of the molecule is CC/C=C\C/C=C\C/C=C\C/C=C\C/C=C\C/C=C\CCCCC(=O)OC(COC(=O)CCCCCCCCCCC/C=C\C/C=C\CCCCC)COC(=O)CCCCCCCCCCCCCCCCCCCCCCCCCC. The minimum atomic E-state index is -0.804. The van der Waals surface area contributed by atoms with Crippen molar-refractivity contribution >= 4 is 17.9 Å². The molecule has 0 N–H and O–H groups in total. The second-order valence-electron chi connectivity index (χ2n) is 23.4. The monoisotopic (exact) mass is 1140 g/mol. The van der Waals surface area contributed by atoms with Crippen molar-refractivity contribution in [3.8, 4) is 0 Å². The van der Waals surface area contributed by atoms with Gasteiger partial charge in [0, 0.05) is 19.3 Å². The fourth-order valence-electron chi connectivity index (χ4n) is 10.1. The molecule has 6 heteroatoms. The van der Waals surface area contributed by atoms with Gasteiger partial charge >= 0.3 is 17.9 Å². The molecule has 0 aromatic rings. The van der Waals surface area contributed by atoms with Crippen LogP contribution in [0.3, 0.4) is 0 Å². The van der Waals surface area contributed by atoms with E-state index in [1.165, 1.54) is 205 Å². The van der Waals surface area contributed by atoms with E-state index < -0.39 is 6.10 Å². The lowest BCUT2D eigenvalue weighted by atomic mass is 10.0. The molecule has 0 bridgehead atoms. The van der Waals surface area contributed by atoms with Crippen molar-refractivity contribution in [3.63, 3.8) is 0 Å². The number of hydrogen-bond acceptors (Lipinski definition) is 6. The van der Waals surface area contributed by atoms with Gasteiger partial charge in [0.05, 0.1) is 0 Å². The van der Waals surface area contributed by atoms with Crippen molar-refractivity contribution < 1.29 is 28.6 Å². The minimum Gasteiger partial charge on any atom is -0.462 e. The average Bonchev–Trinajstić information content (AvgIpc) is 3.47. The van der Waals surface area contributed by atoms with Gasteiger partial charge in [-0.3, -0.25) is 14.4 Å². The van der Waals surface area contributed by atoms with Gasteiger partial charge < -0.3 is 14.2 Å². The minimum absolute atomic E-state index is 0.0939. The fraction of sp³-hybridized carbons (Fsp3) is 0.750. The molecule has 472 valence electrons. The lowest BCUT2D eigenvalue weighted by Crippen LogP contribution is -2.30. The lowest BCUT2D eigenvalue weighted by molar-refractivity contribution is -0.167. The van der Waals surface area contributed by atoms with Crippen LogP contribution in [0.2, 0.25) is 0 Å². The molecule has 0 aromatic carbocycles. The molecule has 6 nitrogen and oxygen atoms in total. The van der Waals surface area contributed by atoms with Crippen molar-refractivity contribution in [1.29, 1.82) is 0 Å². The highest BCUT2D eigenvalue weighted by molar-refractivity contribution is 5.71. The second-order valence-corrected chi connectivity index (χ2v) is 23.4. The van der Waals surface area contributed by atoms with Gasteiger partial charge in [-0.2, -0.15) is 0 Å². The van der Waals surface area contributed by atoms with Crippen LogP contribution in [0.25, 0.3) is 0 Å². The first-order valence-electron chi connectivity index (χ1n) is 35.2. The van der Waals surface area contributed by atoms with Crippen LogP contribution < -0.4 is 0 Å². The van der Waals surface area contributed by atoms with E-state index in [0.717, 1.165) is 96.3 Å². The second kappa shape index (κ2) is 69.8. The summed E-state index contributed by atoms with van der Waals surface area (Å²) >= 11 is 0. The molecule has 0 saturated heterocycles. The molecule has 0 heterocycles. The maximum atomic E-state index is 12.9. The highest BCUT2D eigenvalue weighted by Gasteiger charge is 2.19. The molecule has 0 radical (unpaired) electrons. The molecule has 1 atom stereocenters. The first-order chi connectivity index (χ1) is 40.5. The first kappa shape index (κ1) is 78.3. The molecule has 82 heavy (non-hydrogen) atoms. The average molecular weight is 1140 g/mol. The van der Waals surface area contributed by atoms with E-state index in [4.69, 9.17) is 14.2 Å². The summed E-state index contributed by atoms with van der Waals surface area (Å²) in [6.45, 7) is 6.51. The van der Waals surface area contributed by atoms with Gasteiger partial charge in [-0.05, 0) is 103 Å². The molecule has 0 aliphatic carbocycles. The third-order valence-corrected chi connectivity index (χ3v) is 15.3. The van der Waals surface area contributed by atoms with Crippen LogP contribution in [0.15, 0.2) is 97.2 Å². The maximum absolute atomic E-state index is 12.9. The van der Waals surface area contributed by atoms with E-state index in [1.807, 2.05) is 0 Å². The van der Waals surface area contributed by atoms with Crippen LogP contribution in [0, 0.1) is 0 Å². The van der Waals surface area contributed by atoms with Crippen LogP contribution in [0.5, 0.6) is 0 Å². The Labute approximate surface area is 508 Å². The Hall–Kier alpha value is -3.67. The van der Waals surface area contributed by atoms with E-state index in [2.05, 4.69) is 118 Å². The molecule has 0 rings (SSSR count). The summed E-state index contributed by atoms with van der Waals surface area (Å²) in [5.41, 5.74) is 0. The van der Waals surface area contributed by atoms with Crippen LogP contribution in [-0.2, 0) is 28.6 Å². The Morgan fingerprint density at radius 3 is 0.793 bits per heavy atom. The molecule has 0 spiro atoms. The van der Waals surface area contributed by atoms with Gasteiger partial charge in [0.2, 0.25) is 0 Å². The molecule has 0 aromatic heterocycles. The van der Waals surface area contributed by atoms with E-state index in [0.29, 0.717) is 19.3 Å². The van der Waals surface area contributed by atoms with E-state index in [-0.39, 0.29) is 37.5 Å². The number of carbonyl (C=O) groups is 3. The number of carbonyl (C=O) groups excluding carboxylic acids is 3. The fourth-order valence-corrected chi connectivity index (χ4v) is 10.1. The Morgan fingerprint density at radius 1 is 0.256 bits per heavy atom. The van der Waals surface area contributed by atoms with Crippen molar-refractivity contribution in [2.24, 2.45) is 0 Å². The first-order valence-corrected chi connectivity index (χ1v) is 35.2. The van der Waals surface area contributed by atoms with Gasteiger partial charge in [0.25, 0.3) is 0 Å². The highest BCUT2D eigenvalue weighted by atomic mass is 16.6. The Bertz CT molecular complexity index is 1590. The molecule has 0 aliphatic rings. The zero-order valence-electron chi connectivity index (χ0n) is 54.2. The summed E-state index contributed by atoms with van der Waals surface area (Å²) in [6, 6.07) is 0. The Morgan fingerprint density at radius 2 is 0.476 bits per heavy atom. The van der Waals surface area contributed by atoms with Gasteiger partial charge in [-0.15, -0.1) is 0 Å². The Balaban J connectivity index is 4.41. The van der Waals surface area contributed by atoms with Crippen LogP contribution in [0.4, 0.5) is 0 Å². The molecule has 0 fully saturated rings. The highest BCUT2D eigenvalue weighted by Crippen LogP contribution is 2.18. The van der Waals surface area contributed by atoms with Crippen molar-refractivity contribution in [1.82, 2.24) is 0 Å². The summed E-state index contributed by atoms with van der Waals surface area (Å²) in [4.78, 5) is 38.5. The normalized spacial score (nSPS) is 12.7. The molecule has 0 amide bonds. The van der Waals surface area contributed by atoms with Gasteiger partial charge in [-0.25, -0.2) is 0 Å². The predicted molar refractivity (Wildman–Crippen MR) is 357 cm³/mol. The smallest absolute Gasteiger partial charge is 0.306 e. The summed E-state index contributed by atoms with van der Waals surface area (Å²) in [5, 5.41) is 0. The third kappa shape index (κ3) is 67.1. The van der Waals surface area contributed by atoms with Crippen LogP contribution >= 0.6 is 0 Å². The number of unbranched alkanes of at least 4 members (excludes halogenated alkanes) is 37. The summed E-state index contributed by atoms with van der Waals surface area (Å²) in [5.74, 6) is -0.925. The maximum Gasteiger partial charge on any atom is 0.306 e. The quantitative estimate of drug-likeness (QED) is 0.0261. The van der Waals surface area contributed by atoms with Crippen LogP contribution in [-0.4, -0.2) is 37.2 Å². The number of esters is 3. The molecule has 1 unspecified atom stereocenters. The van der Waals surface area contributed by atoms with E-state index in [1.54, 1.807) is 0 Å². The standard InChI is InChI=1S/C76H132O6/c1-4-7-10-13-16-19-22-25-28-31-34-36-37-38-40-42-45-48-51-54-57-60-63-66-69-75(78)81-72-73(71-80-74(77)68-65-62-59-56-53-50-47-44-41-33-30-27-24-21-18-15-12-9-6-3)82-76(79)70-67-64-61-58-55-52-49-46-43-39-35-32-29-26-23-20-17-14-11-8-5-2/h8,11,17-18,20-21,26-27,29-30,35,39,46,49,55,58,73H,4-7,9-10,12-16,19,22-25,28,31-34,36-38,40-45,47-48,50-54,56-57,59-72H2,1-3H3/b11-8-,20-17-,21-18-,29-26-,30-27-,39-35-,49-46-,58-55-. The zero-order valence-corrected chi connectivity index (χ0v) is 54.2. The number of rotatable bonds is 64. The summed E-state index contributed by atoms with van der Waals surface area (Å²) in [7, 11) is 0. The van der Waals surface area contributed by atoms with E-state index >= 15 is 0 Å². The third-order valence-electron chi connectivity index (χ3n) is 15.3. The van der Waals surface area contributed by atoms with Crippen molar-refractivity contribution in [3.05, 3.63) is 97.2 Å². The number of allylic oxidation sites excluding steroid dienone is 16. The van der Waals surface area contributed by atoms with Crippen molar-refractivity contribution in [2.75, 3.05) is 13.2 Å². The summed E-state index contributed by atoms with van der Waals surface area (Å²) in [6.07, 6.45) is 94.3. The number of hydrogen-bond donors (Lipinski definition) is 0. The van der Waals surface area contributed by atoms with E-state index in [9.17, 15) is 14.4 Å². The molecular weight excluding hydrogens is 1010 g/mol. The zero-order chi connectivity index (χ0) is 59.2. The van der Waals surface area contributed by atoms with Crippen LogP contribution in [0.1, 0.15) is 348 Å². The molecule has 0 saturated carbocycles. The topological polar surface area (TPSA) is 78.9 Å². The molecule has 0 aliphatic heterocycles.